The summed E-state index contributed by atoms with van der Waals surface area (Å²) in [6, 6.07) is 10.8. The first-order chi connectivity index (χ1) is 10.7. The molecule has 0 unspecified atom stereocenters. The third-order valence-electron chi connectivity index (χ3n) is 3.58. The minimum absolute atomic E-state index is 0.0680. The first-order valence-corrected chi connectivity index (χ1v) is 7.15. The van der Waals surface area contributed by atoms with E-state index in [1.54, 1.807) is 17.2 Å². The van der Waals surface area contributed by atoms with Crippen molar-refractivity contribution in [1.82, 2.24) is 15.3 Å². The number of β-lactam (4-membered cyclic amide) rings is 1. The van der Waals surface area contributed by atoms with Crippen molar-refractivity contribution in [2.75, 3.05) is 11.4 Å². The molecule has 22 heavy (non-hydrogen) atoms. The summed E-state index contributed by atoms with van der Waals surface area (Å²) in [7, 11) is 0. The Morgan fingerprint density at radius 3 is 2.77 bits per heavy atom. The van der Waals surface area contributed by atoms with Crippen LogP contribution in [0.5, 0.6) is 0 Å². The Bertz CT molecular complexity index is 660. The number of aromatic nitrogens is 2. The first kappa shape index (κ1) is 14.2. The molecule has 0 spiro atoms. The number of benzene rings is 1. The molecule has 1 aliphatic rings. The van der Waals surface area contributed by atoms with E-state index >= 15 is 0 Å². The van der Waals surface area contributed by atoms with Gasteiger partial charge >= 0.3 is 0 Å². The molecule has 0 aliphatic carbocycles. The highest BCUT2D eigenvalue weighted by Crippen LogP contribution is 2.21. The quantitative estimate of drug-likeness (QED) is 0.833. The molecule has 1 fully saturated rings. The first-order valence-electron chi connectivity index (χ1n) is 7.15. The summed E-state index contributed by atoms with van der Waals surface area (Å²) in [6.45, 7) is 0.516. The fraction of sp³-hybridized carbons (Fsp3) is 0.250. The van der Waals surface area contributed by atoms with Gasteiger partial charge in [0.25, 0.3) is 5.91 Å². The molecule has 6 heteroatoms. The lowest BCUT2D eigenvalue weighted by Gasteiger charge is -2.38. The summed E-state index contributed by atoms with van der Waals surface area (Å²) in [6.07, 6.45) is 3.96. The fourth-order valence-corrected chi connectivity index (χ4v) is 2.35. The van der Waals surface area contributed by atoms with Crippen LogP contribution in [0.3, 0.4) is 0 Å². The van der Waals surface area contributed by atoms with Gasteiger partial charge in [0, 0.05) is 24.0 Å². The Hall–Kier alpha value is -2.76. The minimum atomic E-state index is -0.418. The molecule has 2 heterocycles. The zero-order chi connectivity index (χ0) is 15.4. The SMILES string of the molecule is O=C(CCc1ccncn1)N[C@@H]1CN(c2ccccc2)C1=O. The second-order valence-electron chi connectivity index (χ2n) is 5.11. The average Bonchev–Trinajstić information content (AvgIpc) is 2.57. The largest absolute Gasteiger partial charge is 0.343 e. The summed E-state index contributed by atoms with van der Waals surface area (Å²) >= 11 is 0. The van der Waals surface area contributed by atoms with Crippen LogP contribution in [0.25, 0.3) is 0 Å². The standard InChI is InChI=1S/C16H16N4O2/c21-15(7-6-12-8-9-17-11-18-12)19-14-10-20(16(14)22)13-4-2-1-3-5-13/h1-5,8-9,11,14H,6-7,10H2,(H,19,21)/t14-/m1/s1. The van der Waals surface area contributed by atoms with Crippen molar-refractivity contribution in [3.8, 4) is 0 Å². The Kier molecular flexibility index (Phi) is 4.09. The second kappa shape index (κ2) is 6.34. The van der Waals surface area contributed by atoms with E-state index in [1.165, 1.54) is 6.33 Å². The van der Waals surface area contributed by atoms with Crippen molar-refractivity contribution in [1.29, 1.82) is 0 Å². The smallest absolute Gasteiger partial charge is 0.251 e. The number of hydrogen-bond donors (Lipinski definition) is 1. The summed E-state index contributed by atoms with van der Waals surface area (Å²) < 4.78 is 0. The Morgan fingerprint density at radius 2 is 2.09 bits per heavy atom. The zero-order valence-corrected chi connectivity index (χ0v) is 12.0. The number of para-hydroxylation sites is 1. The number of anilines is 1. The van der Waals surface area contributed by atoms with Crippen LogP contribution < -0.4 is 10.2 Å². The topological polar surface area (TPSA) is 75.2 Å². The van der Waals surface area contributed by atoms with Crippen LogP contribution in [-0.2, 0) is 16.0 Å². The molecule has 0 saturated carbocycles. The molecule has 1 aliphatic heterocycles. The van der Waals surface area contributed by atoms with E-state index in [1.807, 2.05) is 30.3 Å². The molecular formula is C16H16N4O2. The molecule has 3 rings (SSSR count). The number of amides is 2. The van der Waals surface area contributed by atoms with Crippen LogP contribution in [0.1, 0.15) is 12.1 Å². The number of carbonyl (C=O) groups is 2. The van der Waals surface area contributed by atoms with Crippen molar-refractivity contribution in [3.05, 3.63) is 54.6 Å². The van der Waals surface area contributed by atoms with Crippen molar-refractivity contribution in [3.63, 3.8) is 0 Å². The van der Waals surface area contributed by atoms with Crippen LogP contribution in [-0.4, -0.2) is 34.4 Å². The maximum Gasteiger partial charge on any atom is 0.251 e. The van der Waals surface area contributed by atoms with Gasteiger partial charge in [0.05, 0.1) is 6.54 Å². The summed E-state index contributed by atoms with van der Waals surface area (Å²) in [5.41, 5.74) is 1.68. The lowest BCUT2D eigenvalue weighted by molar-refractivity contribution is -0.130. The number of carbonyl (C=O) groups excluding carboxylic acids is 2. The molecule has 1 aromatic heterocycles. The Labute approximate surface area is 128 Å². The molecule has 2 amide bonds. The second-order valence-corrected chi connectivity index (χ2v) is 5.11. The highest BCUT2D eigenvalue weighted by atomic mass is 16.2. The van der Waals surface area contributed by atoms with Gasteiger partial charge in [0.15, 0.2) is 0 Å². The Balaban J connectivity index is 1.47. The predicted octanol–water partition coefficient (Wildman–Crippen LogP) is 0.941. The molecule has 1 aromatic carbocycles. The van der Waals surface area contributed by atoms with Crippen LogP contribution in [0.15, 0.2) is 48.9 Å². The predicted molar refractivity (Wildman–Crippen MR) is 81.1 cm³/mol. The van der Waals surface area contributed by atoms with Crippen LogP contribution >= 0.6 is 0 Å². The van der Waals surface area contributed by atoms with Crippen molar-refractivity contribution >= 4 is 17.5 Å². The number of rotatable bonds is 5. The van der Waals surface area contributed by atoms with E-state index in [9.17, 15) is 9.59 Å². The molecule has 1 N–H and O–H groups in total. The average molecular weight is 296 g/mol. The van der Waals surface area contributed by atoms with Gasteiger partial charge in [0.1, 0.15) is 12.4 Å². The van der Waals surface area contributed by atoms with Crippen molar-refractivity contribution in [2.24, 2.45) is 0 Å². The maximum atomic E-state index is 12.1. The highest BCUT2D eigenvalue weighted by Gasteiger charge is 2.38. The van der Waals surface area contributed by atoms with Gasteiger partial charge in [-0.05, 0) is 24.6 Å². The molecular weight excluding hydrogens is 280 g/mol. The third kappa shape index (κ3) is 3.11. The van der Waals surface area contributed by atoms with Gasteiger partial charge in [-0.3, -0.25) is 9.59 Å². The zero-order valence-electron chi connectivity index (χ0n) is 12.0. The van der Waals surface area contributed by atoms with Gasteiger partial charge in [-0.1, -0.05) is 18.2 Å². The van der Waals surface area contributed by atoms with Crippen molar-refractivity contribution in [2.45, 2.75) is 18.9 Å². The number of nitrogens with one attached hydrogen (secondary N) is 1. The van der Waals surface area contributed by atoms with E-state index in [-0.39, 0.29) is 11.8 Å². The van der Waals surface area contributed by atoms with Gasteiger partial charge in [-0.15, -0.1) is 0 Å². The van der Waals surface area contributed by atoms with Gasteiger partial charge in [-0.25, -0.2) is 9.97 Å². The van der Waals surface area contributed by atoms with Crippen LogP contribution in [0, 0.1) is 0 Å². The number of nitrogens with zero attached hydrogens (tertiary/aromatic N) is 3. The van der Waals surface area contributed by atoms with Crippen LogP contribution in [0.2, 0.25) is 0 Å². The number of hydrogen-bond acceptors (Lipinski definition) is 4. The monoisotopic (exact) mass is 296 g/mol. The summed E-state index contributed by atoms with van der Waals surface area (Å²) in [5, 5.41) is 2.76. The van der Waals surface area contributed by atoms with E-state index in [4.69, 9.17) is 0 Å². The molecule has 0 bridgehead atoms. The minimum Gasteiger partial charge on any atom is -0.343 e. The third-order valence-corrected chi connectivity index (χ3v) is 3.58. The molecule has 6 nitrogen and oxygen atoms in total. The molecule has 112 valence electrons. The maximum absolute atomic E-state index is 12.1. The van der Waals surface area contributed by atoms with Crippen molar-refractivity contribution < 1.29 is 9.59 Å². The van der Waals surface area contributed by atoms with E-state index in [0.29, 0.717) is 19.4 Å². The van der Waals surface area contributed by atoms with Gasteiger partial charge < -0.3 is 10.2 Å². The normalized spacial score (nSPS) is 17.0. The molecule has 2 aromatic rings. The highest BCUT2D eigenvalue weighted by molar-refractivity contribution is 6.05. The molecule has 1 saturated heterocycles. The van der Waals surface area contributed by atoms with E-state index in [0.717, 1.165) is 11.4 Å². The lowest BCUT2D eigenvalue weighted by Crippen LogP contribution is -2.64. The van der Waals surface area contributed by atoms with Gasteiger partial charge in [-0.2, -0.15) is 0 Å². The summed E-state index contributed by atoms with van der Waals surface area (Å²) in [4.78, 5) is 33.5. The summed E-state index contributed by atoms with van der Waals surface area (Å²) in [5.74, 6) is -0.203. The van der Waals surface area contributed by atoms with E-state index in [2.05, 4.69) is 15.3 Å². The number of aryl methyl sites for hydroxylation is 1. The fourth-order valence-electron chi connectivity index (χ4n) is 2.35. The van der Waals surface area contributed by atoms with Gasteiger partial charge in [0.2, 0.25) is 5.91 Å². The molecule has 1 atom stereocenters. The van der Waals surface area contributed by atoms with E-state index < -0.39 is 6.04 Å². The lowest BCUT2D eigenvalue weighted by atomic mass is 10.1. The Morgan fingerprint density at radius 1 is 1.27 bits per heavy atom. The van der Waals surface area contributed by atoms with Crippen LogP contribution in [0.4, 0.5) is 5.69 Å². The molecule has 0 radical (unpaired) electrons.